The zero-order chi connectivity index (χ0) is 16.9. The molecule has 0 aliphatic carbocycles. The molecule has 3 rings (SSSR count). The zero-order valence-corrected chi connectivity index (χ0v) is 16.8. The number of aryl methyl sites for hydroxylation is 1. The average Bonchev–Trinajstić information content (AvgIpc) is 3.18. The summed E-state index contributed by atoms with van der Waals surface area (Å²) in [5, 5.41) is 11.5. The van der Waals surface area contributed by atoms with Gasteiger partial charge in [-0.15, -0.1) is 24.0 Å². The highest BCUT2D eigenvalue weighted by molar-refractivity contribution is 14.0. The summed E-state index contributed by atoms with van der Waals surface area (Å²) in [7, 11) is 0. The van der Waals surface area contributed by atoms with E-state index in [9.17, 15) is 0 Å². The van der Waals surface area contributed by atoms with Crippen LogP contribution in [0.3, 0.4) is 0 Å². The third kappa shape index (κ3) is 4.94. The number of hydrogen-bond acceptors (Lipinski definition) is 5. The molecule has 0 spiro atoms. The van der Waals surface area contributed by atoms with Gasteiger partial charge in [0, 0.05) is 18.9 Å². The van der Waals surface area contributed by atoms with Crippen LogP contribution >= 0.6 is 24.0 Å². The van der Waals surface area contributed by atoms with Crippen molar-refractivity contribution >= 4 is 40.9 Å². The first-order chi connectivity index (χ1) is 11.7. The van der Waals surface area contributed by atoms with E-state index in [0.717, 1.165) is 23.3 Å². The molecule has 3 aromatic rings. The van der Waals surface area contributed by atoms with Crippen LogP contribution in [0.2, 0.25) is 0 Å². The summed E-state index contributed by atoms with van der Waals surface area (Å²) in [6.07, 6.45) is 0. The van der Waals surface area contributed by atoms with E-state index in [4.69, 9.17) is 8.94 Å². The molecule has 2 N–H and O–H groups in total. The molecule has 0 fully saturated rings. The molecule has 0 amide bonds. The van der Waals surface area contributed by atoms with Crippen molar-refractivity contribution in [3.8, 4) is 0 Å². The second-order valence-electron chi connectivity index (χ2n) is 5.48. The van der Waals surface area contributed by atoms with Crippen molar-refractivity contribution in [1.29, 1.82) is 0 Å². The van der Waals surface area contributed by atoms with E-state index in [1.165, 1.54) is 0 Å². The van der Waals surface area contributed by atoms with Crippen LogP contribution in [0.15, 0.2) is 44.3 Å². The Morgan fingerprint density at radius 1 is 1.32 bits per heavy atom. The van der Waals surface area contributed by atoms with Gasteiger partial charge in [-0.25, -0.2) is 4.99 Å². The standard InChI is InChI=1S/C17H21N5O2.HI/c1-4-18-17(19-10-16-21-12(3)24-22-16)20-11(2)15-9-13-7-5-6-8-14(13)23-15;/h5-9,11H,4,10H2,1-3H3,(H2,18,19,20);1H. The lowest BCUT2D eigenvalue weighted by Crippen LogP contribution is -2.38. The second-order valence-corrected chi connectivity index (χ2v) is 5.48. The normalized spacial score (nSPS) is 12.7. The van der Waals surface area contributed by atoms with E-state index in [1.807, 2.05) is 44.2 Å². The Morgan fingerprint density at radius 3 is 2.80 bits per heavy atom. The monoisotopic (exact) mass is 455 g/mol. The SMILES string of the molecule is CCNC(=NCc1noc(C)n1)NC(C)c1cc2ccccc2o1.I. The Bertz CT molecular complexity index is 809. The number of benzene rings is 1. The minimum atomic E-state index is -0.0257. The zero-order valence-electron chi connectivity index (χ0n) is 14.4. The highest BCUT2D eigenvalue weighted by atomic mass is 127. The molecule has 0 aliphatic heterocycles. The van der Waals surface area contributed by atoms with Gasteiger partial charge in [0.1, 0.15) is 17.9 Å². The van der Waals surface area contributed by atoms with Crippen molar-refractivity contribution in [2.45, 2.75) is 33.4 Å². The van der Waals surface area contributed by atoms with E-state index in [0.29, 0.717) is 24.2 Å². The van der Waals surface area contributed by atoms with Crippen molar-refractivity contribution in [1.82, 2.24) is 20.8 Å². The van der Waals surface area contributed by atoms with E-state index < -0.39 is 0 Å². The molecule has 0 aliphatic rings. The number of fused-ring (bicyclic) bond motifs is 1. The molecule has 0 bridgehead atoms. The maximum absolute atomic E-state index is 5.89. The van der Waals surface area contributed by atoms with Crippen molar-refractivity contribution in [3.05, 3.63) is 47.8 Å². The smallest absolute Gasteiger partial charge is 0.223 e. The number of aromatic nitrogens is 2. The van der Waals surface area contributed by atoms with Gasteiger partial charge in [0.25, 0.3) is 0 Å². The van der Waals surface area contributed by atoms with Crippen molar-refractivity contribution in [3.63, 3.8) is 0 Å². The summed E-state index contributed by atoms with van der Waals surface area (Å²) in [6.45, 7) is 6.90. The number of para-hydroxylation sites is 1. The third-order valence-corrected chi connectivity index (χ3v) is 3.52. The molecular weight excluding hydrogens is 433 g/mol. The van der Waals surface area contributed by atoms with Gasteiger partial charge in [-0.2, -0.15) is 4.98 Å². The molecule has 25 heavy (non-hydrogen) atoms. The van der Waals surface area contributed by atoms with Gasteiger partial charge in [0.05, 0.1) is 6.04 Å². The molecule has 0 radical (unpaired) electrons. The number of aliphatic imine (C=N–C) groups is 1. The summed E-state index contributed by atoms with van der Waals surface area (Å²) in [6, 6.07) is 9.97. The van der Waals surface area contributed by atoms with Crippen LogP contribution in [0.25, 0.3) is 11.0 Å². The maximum atomic E-state index is 5.89. The summed E-state index contributed by atoms with van der Waals surface area (Å²) in [5.41, 5.74) is 0.880. The first-order valence-electron chi connectivity index (χ1n) is 7.98. The Labute approximate surface area is 163 Å². The second kappa shape index (κ2) is 8.84. The van der Waals surface area contributed by atoms with E-state index >= 15 is 0 Å². The van der Waals surface area contributed by atoms with Crippen LogP contribution in [-0.2, 0) is 6.54 Å². The molecule has 0 saturated heterocycles. The Kier molecular flexibility index (Phi) is 6.80. The van der Waals surface area contributed by atoms with Crippen LogP contribution in [0, 0.1) is 6.92 Å². The molecule has 7 nitrogen and oxygen atoms in total. The number of nitrogens with one attached hydrogen (secondary N) is 2. The number of furan rings is 1. The fraction of sp³-hybridized carbons (Fsp3) is 0.353. The molecule has 8 heteroatoms. The number of guanidine groups is 1. The van der Waals surface area contributed by atoms with Gasteiger partial charge in [-0.1, -0.05) is 23.4 Å². The largest absolute Gasteiger partial charge is 0.459 e. The van der Waals surface area contributed by atoms with Crippen molar-refractivity contribution in [2.24, 2.45) is 4.99 Å². The molecule has 2 aromatic heterocycles. The Morgan fingerprint density at radius 2 is 2.12 bits per heavy atom. The molecule has 0 saturated carbocycles. The third-order valence-electron chi connectivity index (χ3n) is 3.52. The number of halogens is 1. The van der Waals surface area contributed by atoms with Crippen molar-refractivity contribution < 1.29 is 8.94 Å². The predicted molar refractivity (Wildman–Crippen MR) is 107 cm³/mol. The van der Waals surface area contributed by atoms with Gasteiger partial charge in [-0.3, -0.25) is 0 Å². The predicted octanol–water partition coefficient (Wildman–Crippen LogP) is 3.56. The van der Waals surface area contributed by atoms with Gasteiger partial charge < -0.3 is 19.6 Å². The Hall–Kier alpha value is -2.10. The van der Waals surface area contributed by atoms with Gasteiger partial charge >= 0.3 is 0 Å². The van der Waals surface area contributed by atoms with Gasteiger partial charge in [-0.05, 0) is 26.0 Å². The van der Waals surface area contributed by atoms with Gasteiger partial charge in [0.15, 0.2) is 11.8 Å². The highest BCUT2D eigenvalue weighted by Gasteiger charge is 2.13. The fourth-order valence-electron chi connectivity index (χ4n) is 2.37. The molecule has 134 valence electrons. The molecule has 2 heterocycles. The fourth-order valence-corrected chi connectivity index (χ4v) is 2.37. The van der Waals surface area contributed by atoms with E-state index in [-0.39, 0.29) is 30.0 Å². The lowest BCUT2D eigenvalue weighted by molar-refractivity contribution is 0.387. The van der Waals surface area contributed by atoms with Crippen LogP contribution in [0.1, 0.15) is 37.4 Å². The first kappa shape index (κ1) is 19.2. The van der Waals surface area contributed by atoms with Crippen LogP contribution in [0.4, 0.5) is 0 Å². The summed E-state index contributed by atoms with van der Waals surface area (Å²) >= 11 is 0. The summed E-state index contributed by atoms with van der Waals surface area (Å²) in [4.78, 5) is 8.63. The number of hydrogen-bond donors (Lipinski definition) is 2. The molecule has 1 aromatic carbocycles. The lowest BCUT2D eigenvalue weighted by atomic mass is 10.2. The topological polar surface area (TPSA) is 88.5 Å². The first-order valence-corrected chi connectivity index (χ1v) is 7.98. The average molecular weight is 455 g/mol. The van der Waals surface area contributed by atoms with Crippen LogP contribution in [-0.4, -0.2) is 22.6 Å². The molecule has 1 unspecified atom stereocenters. The molecular formula is C17H22IN5O2. The quantitative estimate of drug-likeness (QED) is 0.348. The van der Waals surface area contributed by atoms with Crippen molar-refractivity contribution in [2.75, 3.05) is 6.54 Å². The Balaban J connectivity index is 0.00000225. The highest BCUT2D eigenvalue weighted by Crippen LogP contribution is 2.23. The van der Waals surface area contributed by atoms with Gasteiger partial charge in [0.2, 0.25) is 5.89 Å². The van der Waals surface area contributed by atoms with E-state index in [1.54, 1.807) is 6.92 Å². The van der Waals surface area contributed by atoms with Crippen LogP contribution in [0.5, 0.6) is 0 Å². The summed E-state index contributed by atoms with van der Waals surface area (Å²) in [5.74, 6) is 2.63. The lowest BCUT2D eigenvalue weighted by Gasteiger charge is -2.15. The minimum absolute atomic E-state index is 0. The number of nitrogens with zero attached hydrogens (tertiary/aromatic N) is 3. The minimum Gasteiger partial charge on any atom is -0.459 e. The molecule has 1 atom stereocenters. The number of rotatable bonds is 5. The summed E-state index contributed by atoms with van der Waals surface area (Å²) < 4.78 is 10.8. The maximum Gasteiger partial charge on any atom is 0.223 e. The van der Waals surface area contributed by atoms with E-state index in [2.05, 4.69) is 25.8 Å². The van der Waals surface area contributed by atoms with Crippen LogP contribution < -0.4 is 10.6 Å².